The van der Waals surface area contributed by atoms with E-state index in [4.69, 9.17) is 0 Å². The molecule has 0 radical (unpaired) electrons. The van der Waals surface area contributed by atoms with Crippen molar-refractivity contribution >= 4 is 12.0 Å². The van der Waals surface area contributed by atoms with E-state index in [1.807, 2.05) is 13.1 Å². The van der Waals surface area contributed by atoms with E-state index in [0.29, 0.717) is 6.54 Å². The van der Waals surface area contributed by atoms with Crippen LogP contribution in [0.3, 0.4) is 0 Å². The number of aryl methyl sites for hydroxylation is 1. The summed E-state index contributed by atoms with van der Waals surface area (Å²) >= 11 is 0. The lowest BCUT2D eigenvalue weighted by Gasteiger charge is -2.33. The van der Waals surface area contributed by atoms with Crippen LogP contribution >= 0.6 is 0 Å². The maximum atomic E-state index is 12.7. The number of anilines is 1. The second-order valence-electron chi connectivity index (χ2n) is 7.83. The van der Waals surface area contributed by atoms with Crippen molar-refractivity contribution in [2.75, 3.05) is 25.0 Å². The minimum absolute atomic E-state index is 0.0498. The van der Waals surface area contributed by atoms with Gasteiger partial charge in [0.15, 0.2) is 0 Å². The van der Waals surface area contributed by atoms with Gasteiger partial charge < -0.3 is 15.1 Å². The molecule has 1 atom stereocenters. The molecular formula is C20H29N7O. The Bertz CT molecular complexity index is 791. The number of nitrogens with one attached hydrogen (secondary N) is 2. The number of hydrogen-bond acceptors (Lipinski definition) is 5. The van der Waals surface area contributed by atoms with Gasteiger partial charge in [-0.25, -0.2) is 14.8 Å². The predicted molar refractivity (Wildman–Crippen MR) is 107 cm³/mol. The van der Waals surface area contributed by atoms with Gasteiger partial charge in [-0.15, -0.1) is 0 Å². The van der Waals surface area contributed by atoms with Gasteiger partial charge in [0.25, 0.3) is 0 Å². The van der Waals surface area contributed by atoms with Crippen molar-refractivity contribution in [2.45, 2.75) is 57.5 Å². The summed E-state index contributed by atoms with van der Waals surface area (Å²) in [5, 5.41) is 10.9. The number of urea groups is 1. The lowest BCUT2D eigenvalue weighted by atomic mass is 10.1. The van der Waals surface area contributed by atoms with E-state index in [-0.39, 0.29) is 12.1 Å². The van der Waals surface area contributed by atoms with E-state index in [1.54, 1.807) is 17.3 Å². The van der Waals surface area contributed by atoms with E-state index in [0.717, 1.165) is 50.4 Å². The number of hydrogen-bond donors (Lipinski definition) is 2. The summed E-state index contributed by atoms with van der Waals surface area (Å²) in [5.41, 5.74) is 3.59. The molecule has 0 bridgehead atoms. The first-order valence-electron chi connectivity index (χ1n) is 10.3. The third kappa shape index (κ3) is 4.26. The van der Waals surface area contributed by atoms with Gasteiger partial charge in [-0.2, -0.15) is 5.10 Å². The number of fused-ring (bicyclic) bond motifs is 1. The van der Waals surface area contributed by atoms with Crippen molar-refractivity contribution in [3.63, 3.8) is 0 Å². The molecule has 3 heterocycles. The van der Waals surface area contributed by atoms with Gasteiger partial charge in [-0.3, -0.25) is 5.10 Å². The first kappa shape index (κ1) is 18.7. The molecule has 150 valence electrons. The second kappa shape index (κ2) is 8.58. The number of aromatic nitrogens is 4. The second-order valence-corrected chi connectivity index (χ2v) is 7.83. The van der Waals surface area contributed by atoms with Crippen molar-refractivity contribution in [3.8, 4) is 0 Å². The van der Waals surface area contributed by atoms with E-state index >= 15 is 0 Å². The molecule has 8 heteroatoms. The Labute approximate surface area is 165 Å². The third-order valence-corrected chi connectivity index (χ3v) is 5.71. The molecule has 2 aromatic rings. The zero-order valence-electron chi connectivity index (χ0n) is 16.5. The fourth-order valence-corrected chi connectivity index (χ4v) is 4.17. The quantitative estimate of drug-likeness (QED) is 0.791. The first-order valence-corrected chi connectivity index (χ1v) is 10.3. The molecule has 28 heavy (non-hydrogen) atoms. The lowest BCUT2D eigenvalue weighted by molar-refractivity contribution is 0.200. The van der Waals surface area contributed by atoms with Gasteiger partial charge in [0.1, 0.15) is 0 Å². The molecule has 1 aliphatic heterocycles. The van der Waals surface area contributed by atoms with Crippen molar-refractivity contribution in [3.05, 3.63) is 35.4 Å². The highest BCUT2D eigenvalue weighted by Crippen LogP contribution is 2.22. The number of nitrogens with zero attached hydrogens (tertiary/aromatic N) is 5. The average Bonchev–Trinajstić information content (AvgIpc) is 2.95. The minimum atomic E-state index is -0.0498. The third-order valence-electron chi connectivity index (χ3n) is 5.71. The molecule has 2 amide bonds. The maximum absolute atomic E-state index is 12.7. The number of carbonyl (C=O) groups excluding carboxylic acids is 1. The summed E-state index contributed by atoms with van der Waals surface area (Å²) in [6.07, 6.45) is 11.3. The van der Waals surface area contributed by atoms with Crippen molar-refractivity contribution in [1.29, 1.82) is 0 Å². The Kier molecular flexibility index (Phi) is 5.73. The van der Waals surface area contributed by atoms with Crippen LogP contribution in [0.5, 0.6) is 0 Å². The minimum Gasteiger partial charge on any atom is -0.339 e. The summed E-state index contributed by atoms with van der Waals surface area (Å²) in [6, 6.07) is 1.87. The van der Waals surface area contributed by atoms with Crippen molar-refractivity contribution in [1.82, 2.24) is 30.4 Å². The number of aromatic amines is 1. The maximum Gasteiger partial charge on any atom is 0.317 e. The van der Waals surface area contributed by atoms with Crippen LogP contribution in [0.1, 0.15) is 49.1 Å². The van der Waals surface area contributed by atoms with E-state index < -0.39 is 0 Å². The Hall–Kier alpha value is -2.64. The zero-order valence-corrected chi connectivity index (χ0v) is 16.5. The number of rotatable bonds is 4. The van der Waals surface area contributed by atoms with Crippen LogP contribution in [0.15, 0.2) is 18.5 Å². The number of carbonyl (C=O) groups is 1. The van der Waals surface area contributed by atoms with E-state index in [2.05, 4.69) is 30.4 Å². The van der Waals surface area contributed by atoms with Crippen LogP contribution in [0.25, 0.3) is 0 Å². The van der Waals surface area contributed by atoms with Crippen LogP contribution in [0, 0.1) is 0 Å². The van der Waals surface area contributed by atoms with Crippen LogP contribution in [0.2, 0.25) is 0 Å². The zero-order chi connectivity index (χ0) is 19.3. The molecule has 4 rings (SSSR count). The van der Waals surface area contributed by atoms with Crippen LogP contribution in [0.4, 0.5) is 10.7 Å². The van der Waals surface area contributed by atoms with Crippen molar-refractivity contribution in [2.24, 2.45) is 0 Å². The summed E-state index contributed by atoms with van der Waals surface area (Å²) in [6.45, 7) is 2.20. The Morgan fingerprint density at radius 1 is 1.25 bits per heavy atom. The number of piperidine rings is 1. The molecule has 0 spiro atoms. The van der Waals surface area contributed by atoms with Gasteiger partial charge >= 0.3 is 6.03 Å². The van der Waals surface area contributed by atoms with Gasteiger partial charge in [0.05, 0.1) is 12.2 Å². The van der Waals surface area contributed by atoms with Crippen molar-refractivity contribution < 1.29 is 4.79 Å². The van der Waals surface area contributed by atoms with E-state index in [9.17, 15) is 4.79 Å². The number of amides is 2. The molecule has 2 aliphatic rings. The Balaban J connectivity index is 1.34. The predicted octanol–water partition coefficient (Wildman–Crippen LogP) is 2.28. The van der Waals surface area contributed by atoms with Gasteiger partial charge in [0, 0.05) is 44.3 Å². The highest BCUT2D eigenvalue weighted by atomic mass is 16.2. The Morgan fingerprint density at radius 3 is 2.93 bits per heavy atom. The van der Waals surface area contributed by atoms with Crippen LogP contribution in [-0.4, -0.2) is 57.3 Å². The standard InChI is InChI=1S/C20H29N7O/c1-26(14-18-16-8-3-2-4-9-17(16)24-25-18)20(28)23-15-7-5-12-27(13-15)19-21-10-6-11-22-19/h6,10-11,15H,2-5,7-9,12-14H2,1H3,(H,23,28)(H,24,25)/t15-/m1/s1. The fourth-order valence-electron chi connectivity index (χ4n) is 4.17. The summed E-state index contributed by atoms with van der Waals surface area (Å²) in [4.78, 5) is 25.3. The topological polar surface area (TPSA) is 90.0 Å². The van der Waals surface area contributed by atoms with Gasteiger partial charge in [-0.1, -0.05) is 6.42 Å². The van der Waals surface area contributed by atoms with Crippen LogP contribution < -0.4 is 10.2 Å². The molecule has 0 unspecified atom stereocenters. The molecule has 2 aromatic heterocycles. The highest BCUT2D eigenvalue weighted by Gasteiger charge is 2.25. The monoisotopic (exact) mass is 383 g/mol. The van der Waals surface area contributed by atoms with Crippen LogP contribution in [-0.2, 0) is 19.4 Å². The molecule has 1 aliphatic carbocycles. The summed E-state index contributed by atoms with van der Waals surface area (Å²) in [7, 11) is 1.84. The molecule has 1 fully saturated rings. The van der Waals surface area contributed by atoms with Gasteiger partial charge in [-0.05, 0) is 50.2 Å². The average molecular weight is 384 g/mol. The molecule has 0 saturated carbocycles. The van der Waals surface area contributed by atoms with Gasteiger partial charge in [0.2, 0.25) is 5.95 Å². The Morgan fingerprint density at radius 2 is 2.07 bits per heavy atom. The molecule has 2 N–H and O–H groups in total. The number of H-pyrrole nitrogens is 1. The largest absolute Gasteiger partial charge is 0.339 e. The lowest BCUT2D eigenvalue weighted by Crippen LogP contribution is -2.51. The summed E-state index contributed by atoms with van der Waals surface area (Å²) < 4.78 is 0. The molecular weight excluding hydrogens is 354 g/mol. The summed E-state index contributed by atoms with van der Waals surface area (Å²) in [5.74, 6) is 0.731. The van der Waals surface area contributed by atoms with E-state index in [1.165, 1.54) is 30.5 Å². The molecule has 0 aromatic carbocycles. The SMILES string of the molecule is CN(Cc1n[nH]c2c1CCCCC2)C(=O)N[C@@H]1CCCN(c2ncccn2)C1. The normalized spacial score (nSPS) is 19.6. The fraction of sp³-hybridized carbons (Fsp3) is 0.600. The first-order chi connectivity index (χ1) is 13.7. The highest BCUT2D eigenvalue weighted by molar-refractivity contribution is 5.74. The smallest absolute Gasteiger partial charge is 0.317 e. The molecule has 1 saturated heterocycles. The molecule has 8 nitrogen and oxygen atoms in total.